The van der Waals surface area contributed by atoms with Crippen molar-refractivity contribution in [3.05, 3.63) is 57.4 Å². The van der Waals surface area contributed by atoms with E-state index >= 15 is 0 Å². The molecular weight excluding hydrogens is 358 g/mol. The molecule has 28 heavy (non-hydrogen) atoms. The number of methoxy groups -OCH3 is 1. The van der Waals surface area contributed by atoms with Gasteiger partial charge in [-0.15, -0.1) is 0 Å². The number of nitrogens with one attached hydrogen (secondary N) is 1. The van der Waals surface area contributed by atoms with Crippen LogP contribution in [-0.2, 0) is 22.3 Å². The summed E-state index contributed by atoms with van der Waals surface area (Å²) in [6, 6.07) is 5.59. The Hall–Kier alpha value is -2.89. The number of carbonyl (C=O) groups excluding carboxylic acids is 3. The number of Topliss-reactive ketones (excluding diaryl/α,β-unsaturated/α-hetero) is 1. The molecular formula is C22H25NO5. The van der Waals surface area contributed by atoms with Gasteiger partial charge in [0.15, 0.2) is 6.10 Å². The summed E-state index contributed by atoms with van der Waals surface area (Å²) in [6.07, 6.45) is 3.31. The summed E-state index contributed by atoms with van der Waals surface area (Å²) in [5, 5.41) is 0. The number of aromatic nitrogens is 1. The maximum absolute atomic E-state index is 12.8. The summed E-state index contributed by atoms with van der Waals surface area (Å²) in [5.41, 5.74) is 4.53. The van der Waals surface area contributed by atoms with Crippen LogP contribution in [-0.4, -0.2) is 35.9 Å². The molecule has 1 aromatic heterocycles. The molecule has 0 radical (unpaired) electrons. The van der Waals surface area contributed by atoms with E-state index in [2.05, 4.69) is 4.98 Å². The summed E-state index contributed by atoms with van der Waals surface area (Å²) in [4.78, 5) is 40.1. The molecule has 0 saturated heterocycles. The van der Waals surface area contributed by atoms with Crippen molar-refractivity contribution in [3.8, 4) is 0 Å². The lowest BCUT2D eigenvalue weighted by Gasteiger charge is -2.17. The van der Waals surface area contributed by atoms with Crippen LogP contribution in [0.15, 0.2) is 18.2 Å². The fraction of sp³-hybridized carbons (Fsp3) is 0.409. The van der Waals surface area contributed by atoms with E-state index in [1.165, 1.54) is 31.6 Å². The van der Waals surface area contributed by atoms with Crippen LogP contribution in [0, 0.1) is 13.8 Å². The minimum atomic E-state index is -0.981. The molecule has 1 aliphatic carbocycles. The summed E-state index contributed by atoms with van der Waals surface area (Å²) in [5.74, 6) is -1.42. The molecule has 0 fully saturated rings. The zero-order valence-corrected chi connectivity index (χ0v) is 16.7. The minimum absolute atomic E-state index is 0.253. The summed E-state index contributed by atoms with van der Waals surface area (Å²) < 4.78 is 10.2. The summed E-state index contributed by atoms with van der Waals surface area (Å²) in [6.45, 7) is 4.90. The zero-order valence-electron chi connectivity index (χ0n) is 16.7. The molecule has 1 N–H and O–H groups in total. The van der Waals surface area contributed by atoms with Crippen molar-refractivity contribution >= 4 is 17.7 Å². The fourth-order valence-corrected chi connectivity index (χ4v) is 3.75. The third-order valence-electron chi connectivity index (χ3n) is 5.31. The first kappa shape index (κ1) is 19.9. The first-order valence-corrected chi connectivity index (χ1v) is 9.48. The van der Waals surface area contributed by atoms with Gasteiger partial charge in [-0.2, -0.15) is 0 Å². The Morgan fingerprint density at radius 2 is 1.71 bits per heavy atom. The van der Waals surface area contributed by atoms with Crippen LogP contribution >= 0.6 is 0 Å². The van der Waals surface area contributed by atoms with E-state index in [1.54, 1.807) is 19.9 Å². The van der Waals surface area contributed by atoms with E-state index < -0.39 is 18.0 Å². The maximum Gasteiger partial charge on any atom is 0.339 e. The number of ketones is 1. The molecule has 0 amide bonds. The van der Waals surface area contributed by atoms with Gasteiger partial charge in [0, 0.05) is 5.69 Å². The molecule has 1 heterocycles. The topological polar surface area (TPSA) is 85.5 Å². The van der Waals surface area contributed by atoms with E-state index in [9.17, 15) is 14.4 Å². The molecule has 6 heteroatoms. The van der Waals surface area contributed by atoms with Gasteiger partial charge in [-0.1, -0.05) is 6.07 Å². The van der Waals surface area contributed by atoms with Crippen molar-refractivity contribution < 1.29 is 23.9 Å². The minimum Gasteiger partial charge on any atom is -0.465 e. The second-order valence-electron chi connectivity index (χ2n) is 7.22. The van der Waals surface area contributed by atoms with Crippen LogP contribution in [0.5, 0.6) is 0 Å². The quantitative estimate of drug-likeness (QED) is 0.628. The number of carbonyl (C=O) groups is 3. The normalized spacial score (nSPS) is 14.1. The number of H-pyrrole nitrogens is 1. The average Bonchev–Trinajstić information content (AvgIpc) is 3.00. The number of esters is 2. The number of benzene rings is 1. The highest BCUT2D eigenvalue weighted by atomic mass is 16.5. The van der Waals surface area contributed by atoms with Crippen LogP contribution in [0.1, 0.15) is 73.4 Å². The van der Waals surface area contributed by atoms with Crippen molar-refractivity contribution in [2.45, 2.75) is 52.6 Å². The second kappa shape index (κ2) is 8.00. The van der Waals surface area contributed by atoms with Gasteiger partial charge in [0.2, 0.25) is 5.78 Å². The Kier molecular flexibility index (Phi) is 5.68. The Bertz CT molecular complexity index is 941. The lowest BCUT2D eigenvalue weighted by Crippen LogP contribution is -2.25. The smallest absolute Gasteiger partial charge is 0.339 e. The largest absolute Gasteiger partial charge is 0.465 e. The Labute approximate surface area is 164 Å². The molecule has 1 aliphatic rings. The lowest BCUT2D eigenvalue weighted by atomic mass is 9.90. The number of rotatable bonds is 5. The van der Waals surface area contributed by atoms with E-state index in [0.717, 1.165) is 19.3 Å². The lowest BCUT2D eigenvalue weighted by molar-refractivity contribution is 0.0316. The fourth-order valence-electron chi connectivity index (χ4n) is 3.75. The van der Waals surface area contributed by atoms with Gasteiger partial charge in [-0.05, 0) is 75.3 Å². The first-order valence-electron chi connectivity index (χ1n) is 9.48. The van der Waals surface area contributed by atoms with Gasteiger partial charge >= 0.3 is 11.9 Å². The molecule has 1 unspecified atom stereocenters. The van der Waals surface area contributed by atoms with E-state index in [-0.39, 0.29) is 11.5 Å². The van der Waals surface area contributed by atoms with Gasteiger partial charge in [-0.3, -0.25) is 4.79 Å². The van der Waals surface area contributed by atoms with Crippen molar-refractivity contribution in [2.75, 3.05) is 7.11 Å². The maximum atomic E-state index is 12.8. The van der Waals surface area contributed by atoms with Crippen molar-refractivity contribution in [2.24, 2.45) is 0 Å². The number of hydrogen-bond acceptors (Lipinski definition) is 5. The monoisotopic (exact) mass is 383 g/mol. The molecule has 0 bridgehead atoms. The van der Waals surface area contributed by atoms with E-state index in [0.29, 0.717) is 22.4 Å². The number of ether oxygens (including phenoxy) is 2. The molecule has 0 spiro atoms. The molecule has 0 aliphatic heterocycles. The average molecular weight is 383 g/mol. The van der Waals surface area contributed by atoms with Crippen molar-refractivity contribution in [1.29, 1.82) is 0 Å². The second-order valence-corrected chi connectivity index (χ2v) is 7.22. The predicted molar refractivity (Wildman–Crippen MR) is 104 cm³/mol. The Morgan fingerprint density at radius 3 is 2.39 bits per heavy atom. The van der Waals surface area contributed by atoms with Gasteiger partial charge in [0.25, 0.3) is 0 Å². The number of aromatic amines is 1. The summed E-state index contributed by atoms with van der Waals surface area (Å²) >= 11 is 0. The summed E-state index contributed by atoms with van der Waals surface area (Å²) in [7, 11) is 1.29. The SMILES string of the molecule is COC(=O)c1c(C)[nH]c(C(=O)C(C)OC(=O)c2ccc3c(c2)CCCC3)c1C. The highest BCUT2D eigenvalue weighted by molar-refractivity contribution is 6.04. The third-order valence-corrected chi connectivity index (χ3v) is 5.31. The first-order chi connectivity index (χ1) is 13.3. The van der Waals surface area contributed by atoms with Gasteiger partial charge in [0.05, 0.1) is 23.9 Å². The molecule has 1 atom stereocenters. The highest BCUT2D eigenvalue weighted by Crippen LogP contribution is 2.24. The van der Waals surface area contributed by atoms with Crippen LogP contribution < -0.4 is 0 Å². The molecule has 148 valence electrons. The van der Waals surface area contributed by atoms with Crippen LogP contribution in [0.3, 0.4) is 0 Å². The Balaban J connectivity index is 1.76. The molecule has 2 aromatic rings. The number of fused-ring (bicyclic) bond motifs is 1. The predicted octanol–water partition coefficient (Wildman–Crippen LogP) is 3.73. The van der Waals surface area contributed by atoms with Crippen molar-refractivity contribution in [3.63, 3.8) is 0 Å². The number of aryl methyl sites for hydroxylation is 3. The highest BCUT2D eigenvalue weighted by Gasteiger charge is 2.27. The van der Waals surface area contributed by atoms with Gasteiger partial charge < -0.3 is 14.5 Å². The van der Waals surface area contributed by atoms with Gasteiger partial charge in [0.1, 0.15) is 0 Å². The molecule has 1 aromatic carbocycles. The molecule has 0 saturated carbocycles. The van der Waals surface area contributed by atoms with Crippen molar-refractivity contribution in [1.82, 2.24) is 4.98 Å². The Morgan fingerprint density at radius 1 is 1.04 bits per heavy atom. The standard InChI is InChI=1S/C22H25NO5/c1-12-18(22(26)27-4)13(2)23-19(12)20(24)14(3)28-21(25)17-10-9-15-7-5-6-8-16(15)11-17/h9-11,14,23H,5-8H2,1-4H3. The third kappa shape index (κ3) is 3.72. The number of hydrogen-bond donors (Lipinski definition) is 1. The zero-order chi connectivity index (χ0) is 20.4. The molecule has 3 rings (SSSR count). The van der Waals surface area contributed by atoms with Crippen LogP contribution in [0.2, 0.25) is 0 Å². The van der Waals surface area contributed by atoms with Gasteiger partial charge in [-0.25, -0.2) is 9.59 Å². The van der Waals surface area contributed by atoms with Crippen LogP contribution in [0.4, 0.5) is 0 Å². The van der Waals surface area contributed by atoms with E-state index in [1.807, 2.05) is 12.1 Å². The van der Waals surface area contributed by atoms with Crippen LogP contribution in [0.25, 0.3) is 0 Å². The van der Waals surface area contributed by atoms with E-state index in [4.69, 9.17) is 9.47 Å². The molecule has 6 nitrogen and oxygen atoms in total.